The van der Waals surface area contributed by atoms with Gasteiger partial charge in [-0.25, -0.2) is 19.3 Å². The number of benzene rings is 1. The normalized spacial score (nSPS) is 11.1. The van der Waals surface area contributed by atoms with E-state index in [9.17, 15) is 4.39 Å². The predicted molar refractivity (Wildman–Crippen MR) is 64.7 cm³/mol. The fourth-order valence-electron chi connectivity index (χ4n) is 1.77. The number of halogens is 2. The highest BCUT2D eigenvalue weighted by Gasteiger charge is 2.14. The average Bonchev–Trinajstić information content (AvgIpc) is 2.72. The van der Waals surface area contributed by atoms with Crippen LogP contribution in [0, 0.1) is 12.7 Å². The maximum absolute atomic E-state index is 13.6. The Morgan fingerprint density at radius 1 is 1.22 bits per heavy atom. The molecule has 0 aliphatic rings. The summed E-state index contributed by atoms with van der Waals surface area (Å²) < 4.78 is 18.8. The zero-order valence-corrected chi connectivity index (χ0v) is 10.1. The van der Waals surface area contributed by atoms with Gasteiger partial charge in [0.25, 0.3) is 0 Å². The van der Waals surface area contributed by atoms with Crippen molar-refractivity contribution >= 4 is 22.7 Å². The van der Waals surface area contributed by atoms with Crippen molar-refractivity contribution in [3.63, 3.8) is 0 Å². The molecule has 18 heavy (non-hydrogen) atoms. The smallest absolute Gasteiger partial charge is 0.222 e. The Morgan fingerprint density at radius 3 is 2.83 bits per heavy atom. The molecule has 6 heteroatoms. The van der Waals surface area contributed by atoms with E-state index in [0.717, 1.165) is 0 Å². The van der Waals surface area contributed by atoms with Crippen LogP contribution in [0.2, 0.25) is 5.28 Å². The summed E-state index contributed by atoms with van der Waals surface area (Å²) in [6.45, 7) is 1.66. The van der Waals surface area contributed by atoms with Crippen molar-refractivity contribution in [3.05, 3.63) is 41.4 Å². The highest BCUT2D eigenvalue weighted by atomic mass is 35.5. The monoisotopic (exact) mass is 263 g/mol. The van der Waals surface area contributed by atoms with E-state index >= 15 is 0 Å². The van der Waals surface area contributed by atoms with Gasteiger partial charge in [-0.05, 0) is 29.8 Å². The maximum Gasteiger partial charge on any atom is 0.222 e. The van der Waals surface area contributed by atoms with Crippen LogP contribution in [-0.4, -0.2) is 15.0 Å². The Bertz CT molecular complexity index is 741. The van der Waals surface area contributed by atoms with Crippen molar-refractivity contribution < 1.29 is 8.81 Å². The molecule has 3 rings (SSSR count). The summed E-state index contributed by atoms with van der Waals surface area (Å²) in [4.78, 5) is 12.1. The molecule has 0 aliphatic carbocycles. The Labute approximate surface area is 106 Å². The molecule has 1 aromatic carbocycles. The van der Waals surface area contributed by atoms with Gasteiger partial charge in [-0.15, -0.1) is 0 Å². The lowest BCUT2D eigenvalue weighted by atomic mass is 10.1. The molecule has 0 spiro atoms. The second-order valence-electron chi connectivity index (χ2n) is 3.72. The van der Waals surface area contributed by atoms with E-state index in [1.165, 1.54) is 12.3 Å². The first-order valence-electron chi connectivity index (χ1n) is 5.20. The summed E-state index contributed by atoms with van der Waals surface area (Å²) in [5.74, 6) is -0.0500. The van der Waals surface area contributed by atoms with Crippen LogP contribution in [0.5, 0.6) is 0 Å². The molecule has 2 aromatic heterocycles. The fraction of sp³-hybridized carbons (Fsp3) is 0.0833. The number of fused-ring (bicyclic) bond motifs is 1. The fourth-order valence-corrected chi connectivity index (χ4v) is 1.92. The van der Waals surface area contributed by atoms with Crippen molar-refractivity contribution in [2.24, 2.45) is 0 Å². The quantitative estimate of drug-likeness (QED) is 0.632. The van der Waals surface area contributed by atoms with Crippen LogP contribution in [0.25, 0.3) is 22.4 Å². The summed E-state index contributed by atoms with van der Waals surface area (Å²) in [5.41, 5.74) is 1.79. The van der Waals surface area contributed by atoms with Crippen molar-refractivity contribution in [2.75, 3.05) is 0 Å². The molecular weight excluding hydrogens is 257 g/mol. The zero-order valence-electron chi connectivity index (χ0n) is 9.32. The first-order valence-corrected chi connectivity index (χ1v) is 5.57. The van der Waals surface area contributed by atoms with Gasteiger partial charge < -0.3 is 4.42 Å². The highest BCUT2D eigenvalue weighted by molar-refractivity contribution is 6.28. The van der Waals surface area contributed by atoms with Gasteiger partial charge >= 0.3 is 0 Å². The van der Waals surface area contributed by atoms with Gasteiger partial charge in [-0.2, -0.15) is 0 Å². The standard InChI is InChI=1S/C12H7ClFN3O/c1-6-16-10-7(2-3-8(14)11(10)18-6)9-4-5-15-12(13)17-9/h2-5H,1H3. The number of hydrogen-bond acceptors (Lipinski definition) is 4. The summed E-state index contributed by atoms with van der Waals surface area (Å²) in [5, 5.41) is 0.130. The SMILES string of the molecule is Cc1nc2c(-c3ccnc(Cl)n3)ccc(F)c2o1. The van der Waals surface area contributed by atoms with Gasteiger partial charge in [0.1, 0.15) is 5.52 Å². The first-order chi connectivity index (χ1) is 8.65. The second kappa shape index (κ2) is 4.03. The Morgan fingerprint density at radius 2 is 2.06 bits per heavy atom. The van der Waals surface area contributed by atoms with Crippen LogP contribution < -0.4 is 0 Å². The maximum atomic E-state index is 13.6. The Kier molecular flexibility index (Phi) is 2.48. The van der Waals surface area contributed by atoms with E-state index in [1.54, 1.807) is 19.1 Å². The minimum absolute atomic E-state index is 0.125. The summed E-state index contributed by atoms with van der Waals surface area (Å²) in [6.07, 6.45) is 1.53. The third-order valence-electron chi connectivity index (χ3n) is 2.50. The molecule has 0 fully saturated rings. The molecule has 2 heterocycles. The van der Waals surface area contributed by atoms with Gasteiger partial charge in [-0.3, -0.25) is 0 Å². The summed E-state index contributed by atoms with van der Waals surface area (Å²) >= 11 is 5.74. The number of aryl methyl sites for hydroxylation is 1. The van der Waals surface area contributed by atoms with Gasteiger partial charge in [0.05, 0.1) is 5.69 Å². The molecule has 3 aromatic rings. The molecule has 0 amide bonds. The summed E-state index contributed by atoms with van der Waals surface area (Å²) in [6, 6.07) is 4.60. The van der Waals surface area contributed by atoms with Gasteiger partial charge in [0, 0.05) is 18.7 Å². The average molecular weight is 264 g/mol. The van der Waals surface area contributed by atoms with Crippen LogP contribution >= 0.6 is 11.6 Å². The minimum Gasteiger partial charge on any atom is -0.438 e. The number of oxazole rings is 1. The Balaban J connectivity index is 2.33. The first kappa shape index (κ1) is 11.1. The zero-order chi connectivity index (χ0) is 12.7. The molecule has 90 valence electrons. The molecule has 0 N–H and O–H groups in total. The van der Waals surface area contributed by atoms with E-state index in [0.29, 0.717) is 22.7 Å². The highest BCUT2D eigenvalue weighted by Crippen LogP contribution is 2.29. The lowest BCUT2D eigenvalue weighted by molar-refractivity contribution is 0.528. The molecule has 0 saturated heterocycles. The van der Waals surface area contributed by atoms with E-state index in [2.05, 4.69) is 15.0 Å². The van der Waals surface area contributed by atoms with Gasteiger partial charge in [0.2, 0.25) is 5.28 Å². The third kappa shape index (κ3) is 1.73. The predicted octanol–water partition coefficient (Wildman–Crippen LogP) is 3.39. The van der Waals surface area contributed by atoms with Crippen molar-refractivity contribution in [1.29, 1.82) is 0 Å². The van der Waals surface area contributed by atoms with Crippen LogP contribution in [0.15, 0.2) is 28.8 Å². The van der Waals surface area contributed by atoms with Crippen molar-refractivity contribution in [2.45, 2.75) is 6.92 Å². The van der Waals surface area contributed by atoms with Crippen LogP contribution in [0.3, 0.4) is 0 Å². The molecule has 0 radical (unpaired) electrons. The van der Waals surface area contributed by atoms with Crippen LogP contribution in [-0.2, 0) is 0 Å². The van der Waals surface area contributed by atoms with E-state index < -0.39 is 5.82 Å². The summed E-state index contributed by atoms with van der Waals surface area (Å²) in [7, 11) is 0. The molecule has 0 bridgehead atoms. The minimum atomic E-state index is -0.450. The Hall–Kier alpha value is -2.01. The lowest BCUT2D eigenvalue weighted by Gasteiger charge is -2.01. The molecule has 4 nitrogen and oxygen atoms in total. The number of nitrogens with zero attached hydrogens (tertiary/aromatic N) is 3. The molecular formula is C12H7ClFN3O. The van der Waals surface area contributed by atoms with E-state index in [1.807, 2.05) is 0 Å². The molecule has 0 aliphatic heterocycles. The van der Waals surface area contributed by atoms with Crippen LogP contribution in [0.4, 0.5) is 4.39 Å². The van der Waals surface area contributed by atoms with E-state index in [4.69, 9.17) is 16.0 Å². The van der Waals surface area contributed by atoms with E-state index in [-0.39, 0.29) is 10.9 Å². The number of hydrogen-bond donors (Lipinski definition) is 0. The lowest BCUT2D eigenvalue weighted by Crippen LogP contribution is -1.89. The van der Waals surface area contributed by atoms with Crippen molar-refractivity contribution in [3.8, 4) is 11.3 Å². The molecule has 0 atom stereocenters. The number of aromatic nitrogens is 3. The van der Waals surface area contributed by atoms with Gasteiger partial charge in [-0.1, -0.05) is 0 Å². The second-order valence-corrected chi connectivity index (χ2v) is 4.05. The third-order valence-corrected chi connectivity index (χ3v) is 2.69. The molecule has 0 saturated carbocycles. The topological polar surface area (TPSA) is 51.8 Å². The van der Waals surface area contributed by atoms with Crippen LogP contribution in [0.1, 0.15) is 5.89 Å². The number of rotatable bonds is 1. The van der Waals surface area contributed by atoms with Crippen molar-refractivity contribution in [1.82, 2.24) is 15.0 Å². The van der Waals surface area contributed by atoms with Gasteiger partial charge in [0.15, 0.2) is 17.3 Å². The molecule has 0 unspecified atom stereocenters. The largest absolute Gasteiger partial charge is 0.438 e.